The van der Waals surface area contributed by atoms with Crippen molar-refractivity contribution in [2.75, 3.05) is 6.54 Å². The van der Waals surface area contributed by atoms with Crippen LogP contribution >= 0.6 is 34.2 Å². The highest BCUT2D eigenvalue weighted by atomic mass is 127. The molecule has 0 aromatic heterocycles. The monoisotopic (exact) mass is 413 g/mol. The maximum absolute atomic E-state index is 6.20. The van der Waals surface area contributed by atoms with Crippen molar-refractivity contribution in [1.82, 2.24) is 5.32 Å². The number of nitrogens with one attached hydrogen (secondary N) is 1. The van der Waals surface area contributed by atoms with Gasteiger partial charge in [-0.25, -0.2) is 0 Å². The van der Waals surface area contributed by atoms with E-state index in [9.17, 15) is 0 Å². The second-order valence-corrected chi connectivity index (χ2v) is 6.75. The van der Waals surface area contributed by atoms with Crippen LogP contribution in [0.4, 0.5) is 0 Å². The number of hydrogen-bond donors (Lipinski definition) is 1. The Morgan fingerprint density at radius 1 is 1.10 bits per heavy atom. The second-order valence-electron chi connectivity index (χ2n) is 5.15. The van der Waals surface area contributed by atoms with Crippen LogP contribution in [0.3, 0.4) is 0 Å². The van der Waals surface area contributed by atoms with Gasteiger partial charge in [0.05, 0.1) is 6.04 Å². The molecule has 1 N–H and O–H groups in total. The van der Waals surface area contributed by atoms with Crippen molar-refractivity contribution in [2.24, 2.45) is 0 Å². The topological polar surface area (TPSA) is 12.0 Å². The molecule has 0 amide bonds. The summed E-state index contributed by atoms with van der Waals surface area (Å²) in [5.74, 6) is 0. The molecule has 3 heteroatoms. The van der Waals surface area contributed by atoms with E-state index >= 15 is 0 Å². The minimum atomic E-state index is 0.196. The molecule has 1 unspecified atom stereocenters. The van der Waals surface area contributed by atoms with Gasteiger partial charge in [0.25, 0.3) is 0 Å². The molecule has 0 aliphatic rings. The van der Waals surface area contributed by atoms with E-state index in [0.717, 1.165) is 24.4 Å². The second kappa shape index (κ2) is 8.16. The van der Waals surface area contributed by atoms with Crippen LogP contribution in [0.25, 0.3) is 0 Å². The SMILES string of the molecule is CCCNC(c1ccc(CC)cc1)c1cc(Cl)ccc1I. The molecule has 0 saturated heterocycles. The highest BCUT2D eigenvalue weighted by Crippen LogP contribution is 2.29. The molecular weight excluding hydrogens is 393 g/mol. The summed E-state index contributed by atoms with van der Waals surface area (Å²) in [7, 11) is 0. The summed E-state index contributed by atoms with van der Waals surface area (Å²) in [5.41, 5.74) is 3.91. The normalized spacial score (nSPS) is 12.4. The lowest BCUT2D eigenvalue weighted by Gasteiger charge is -2.21. The lowest BCUT2D eigenvalue weighted by Crippen LogP contribution is -2.24. The fraction of sp³-hybridized carbons (Fsp3) is 0.333. The van der Waals surface area contributed by atoms with Gasteiger partial charge in [-0.2, -0.15) is 0 Å². The van der Waals surface area contributed by atoms with Crippen molar-refractivity contribution >= 4 is 34.2 Å². The molecule has 0 fully saturated rings. The number of rotatable bonds is 6. The molecule has 0 heterocycles. The van der Waals surface area contributed by atoms with Gasteiger partial charge < -0.3 is 5.32 Å². The van der Waals surface area contributed by atoms with Crippen LogP contribution in [0.15, 0.2) is 42.5 Å². The summed E-state index contributed by atoms with van der Waals surface area (Å²) in [6.45, 7) is 5.36. The van der Waals surface area contributed by atoms with Crippen molar-refractivity contribution in [3.63, 3.8) is 0 Å². The van der Waals surface area contributed by atoms with E-state index in [2.05, 4.69) is 78.2 Å². The Balaban J connectivity index is 2.38. The van der Waals surface area contributed by atoms with E-state index in [1.54, 1.807) is 0 Å². The zero-order valence-electron chi connectivity index (χ0n) is 12.5. The van der Waals surface area contributed by atoms with E-state index < -0.39 is 0 Å². The summed E-state index contributed by atoms with van der Waals surface area (Å²) in [6, 6.07) is 15.2. The molecule has 1 atom stereocenters. The summed E-state index contributed by atoms with van der Waals surface area (Å²) in [4.78, 5) is 0. The predicted octanol–water partition coefficient (Wildman–Crippen LogP) is 5.60. The van der Waals surface area contributed by atoms with Crippen LogP contribution in [-0.2, 0) is 6.42 Å². The van der Waals surface area contributed by atoms with E-state index in [4.69, 9.17) is 11.6 Å². The van der Waals surface area contributed by atoms with Crippen LogP contribution in [0.2, 0.25) is 5.02 Å². The van der Waals surface area contributed by atoms with Gasteiger partial charge in [0, 0.05) is 8.59 Å². The quantitative estimate of drug-likeness (QED) is 0.608. The summed E-state index contributed by atoms with van der Waals surface area (Å²) >= 11 is 8.59. The molecule has 112 valence electrons. The molecule has 0 aliphatic carbocycles. The van der Waals surface area contributed by atoms with Gasteiger partial charge in [-0.1, -0.05) is 49.7 Å². The Kier molecular flexibility index (Phi) is 6.52. The molecule has 0 radical (unpaired) electrons. The largest absolute Gasteiger partial charge is 0.306 e. The van der Waals surface area contributed by atoms with E-state index in [1.807, 2.05) is 6.07 Å². The lowest BCUT2D eigenvalue weighted by molar-refractivity contribution is 0.596. The average Bonchev–Trinajstić information content (AvgIpc) is 2.51. The van der Waals surface area contributed by atoms with Crippen LogP contribution < -0.4 is 5.32 Å². The van der Waals surface area contributed by atoms with Gasteiger partial charge >= 0.3 is 0 Å². The molecule has 2 rings (SSSR count). The molecular formula is C18H21ClIN. The Bertz CT molecular complexity index is 580. The standard InChI is InChI=1S/C18H21ClIN/c1-3-11-21-18(14-7-5-13(4-2)6-8-14)16-12-15(19)9-10-17(16)20/h5-10,12,18,21H,3-4,11H2,1-2H3. The minimum Gasteiger partial charge on any atom is -0.306 e. The Morgan fingerprint density at radius 2 is 1.81 bits per heavy atom. The molecule has 0 bridgehead atoms. The molecule has 21 heavy (non-hydrogen) atoms. The van der Waals surface area contributed by atoms with E-state index in [0.29, 0.717) is 0 Å². The highest BCUT2D eigenvalue weighted by molar-refractivity contribution is 14.1. The Morgan fingerprint density at radius 3 is 2.43 bits per heavy atom. The first kappa shape index (κ1) is 16.8. The zero-order valence-corrected chi connectivity index (χ0v) is 15.4. The lowest BCUT2D eigenvalue weighted by atomic mass is 9.97. The molecule has 0 saturated carbocycles. The maximum Gasteiger partial charge on any atom is 0.0587 e. The smallest absolute Gasteiger partial charge is 0.0587 e. The molecule has 0 aliphatic heterocycles. The first-order chi connectivity index (χ1) is 10.2. The van der Waals surface area contributed by atoms with Gasteiger partial charge in [0.15, 0.2) is 0 Å². The van der Waals surface area contributed by atoms with Crippen LogP contribution in [0.1, 0.15) is 43.0 Å². The van der Waals surface area contributed by atoms with Crippen LogP contribution in [0, 0.1) is 3.57 Å². The van der Waals surface area contributed by atoms with Crippen LogP contribution in [0.5, 0.6) is 0 Å². The van der Waals surface area contributed by atoms with Crippen LogP contribution in [-0.4, -0.2) is 6.54 Å². The van der Waals surface area contributed by atoms with Gasteiger partial charge in [0.1, 0.15) is 0 Å². The van der Waals surface area contributed by atoms with Gasteiger partial charge in [-0.15, -0.1) is 0 Å². The fourth-order valence-corrected chi connectivity index (χ4v) is 3.21. The third-order valence-electron chi connectivity index (χ3n) is 3.59. The highest BCUT2D eigenvalue weighted by Gasteiger charge is 2.16. The molecule has 2 aromatic carbocycles. The van der Waals surface area contributed by atoms with Gasteiger partial charge in [-0.05, 0) is 76.9 Å². The average molecular weight is 414 g/mol. The van der Waals surface area contributed by atoms with Gasteiger partial charge in [0.2, 0.25) is 0 Å². The summed E-state index contributed by atoms with van der Waals surface area (Å²) < 4.78 is 1.24. The maximum atomic E-state index is 6.20. The summed E-state index contributed by atoms with van der Waals surface area (Å²) in [6.07, 6.45) is 2.18. The Labute approximate surface area is 146 Å². The number of benzene rings is 2. The third kappa shape index (κ3) is 4.44. The Hall–Kier alpha value is -0.580. The third-order valence-corrected chi connectivity index (χ3v) is 4.81. The first-order valence-corrected chi connectivity index (χ1v) is 8.88. The first-order valence-electron chi connectivity index (χ1n) is 7.42. The predicted molar refractivity (Wildman–Crippen MR) is 100 cm³/mol. The number of hydrogen-bond acceptors (Lipinski definition) is 1. The zero-order chi connectivity index (χ0) is 15.2. The van der Waals surface area contributed by atoms with Crippen molar-refractivity contribution in [2.45, 2.75) is 32.7 Å². The number of halogens is 2. The van der Waals surface area contributed by atoms with Crippen molar-refractivity contribution in [3.8, 4) is 0 Å². The van der Waals surface area contributed by atoms with E-state index in [-0.39, 0.29) is 6.04 Å². The molecule has 2 aromatic rings. The minimum absolute atomic E-state index is 0.196. The molecule has 0 spiro atoms. The molecule has 1 nitrogen and oxygen atoms in total. The van der Waals surface area contributed by atoms with Crippen molar-refractivity contribution in [1.29, 1.82) is 0 Å². The summed E-state index contributed by atoms with van der Waals surface area (Å²) in [5, 5.41) is 4.43. The van der Waals surface area contributed by atoms with Gasteiger partial charge in [-0.3, -0.25) is 0 Å². The van der Waals surface area contributed by atoms with Crippen molar-refractivity contribution in [3.05, 3.63) is 67.7 Å². The number of aryl methyl sites for hydroxylation is 1. The fourth-order valence-electron chi connectivity index (χ4n) is 2.38. The van der Waals surface area contributed by atoms with Crippen molar-refractivity contribution < 1.29 is 0 Å². The van der Waals surface area contributed by atoms with E-state index in [1.165, 1.54) is 20.3 Å².